The fraction of sp³-hybridized carbons (Fsp3) is 0.556. The predicted molar refractivity (Wildman–Crippen MR) is 85.3 cm³/mol. The summed E-state index contributed by atoms with van der Waals surface area (Å²) >= 11 is 0. The maximum absolute atomic E-state index is 12.3. The number of nitrogens with zero attached hydrogens (tertiary/aromatic N) is 1. The summed E-state index contributed by atoms with van der Waals surface area (Å²) in [6, 6.07) is 5.71. The lowest BCUT2D eigenvalue weighted by Crippen LogP contribution is -2.47. The minimum atomic E-state index is -0.408. The highest BCUT2D eigenvalue weighted by Crippen LogP contribution is 2.26. The third-order valence-corrected chi connectivity index (χ3v) is 4.57. The first kappa shape index (κ1) is 15.8. The molecule has 2 aliphatic heterocycles. The SMILES string of the molecule is CC(=O)N1CCCCC1C(=O)OCCc1ccc2c(c1)CCO2. The van der Waals surface area contributed by atoms with Crippen LogP contribution in [0.4, 0.5) is 0 Å². The van der Waals surface area contributed by atoms with Gasteiger partial charge in [0.25, 0.3) is 0 Å². The molecule has 0 saturated carbocycles. The predicted octanol–water partition coefficient (Wildman–Crippen LogP) is 2.11. The van der Waals surface area contributed by atoms with Gasteiger partial charge >= 0.3 is 5.97 Å². The van der Waals surface area contributed by atoms with Gasteiger partial charge in [-0.15, -0.1) is 0 Å². The van der Waals surface area contributed by atoms with Crippen LogP contribution in [0.15, 0.2) is 18.2 Å². The molecule has 1 atom stereocenters. The number of fused-ring (bicyclic) bond motifs is 1. The molecule has 5 heteroatoms. The van der Waals surface area contributed by atoms with Crippen molar-refractivity contribution in [3.63, 3.8) is 0 Å². The molecule has 0 radical (unpaired) electrons. The van der Waals surface area contributed by atoms with Crippen LogP contribution >= 0.6 is 0 Å². The van der Waals surface area contributed by atoms with Gasteiger partial charge in [-0.2, -0.15) is 0 Å². The van der Waals surface area contributed by atoms with Gasteiger partial charge in [-0.1, -0.05) is 12.1 Å². The number of esters is 1. The van der Waals surface area contributed by atoms with E-state index < -0.39 is 6.04 Å². The van der Waals surface area contributed by atoms with Crippen LogP contribution in [0.5, 0.6) is 5.75 Å². The molecule has 1 unspecified atom stereocenters. The van der Waals surface area contributed by atoms with Gasteiger partial charge in [-0.05, 0) is 36.5 Å². The number of likely N-dealkylation sites (tertiary alicyclic amines) is 1. The van der Waals surface area contributed by atoms with Crippen molar-refractivity contribution in [3.05, 3.63) is 29.3 Å². The lowest BCUT2D eigenvalue weighted by atomic mass is 10.0. The number of hydrogen-bond acceptors (Lipinski definition) is 4. The van der Waals surface area contributed by atoms with Crippen LogP contribution < -0.4 is 4.74 Å². The molecule has 0 spiro atoms. The molecule has 124 valence electrons. The summed E-state index contributed by atoms with van der Waals surface area (Å²) in [6.07, 6.45) is 4.26. The van der Waals surface area contributed by atoms with E-state index in [1.165, 1.54) is 12.5 Å². The summed E-state index contributed by atoms with van der Waals surface area (Å²) in [6.45, 7) is 3.26. The van der Waals surface area contributed by atoms with Crippen molar-refractivity contribution in [1.29, 1.82) is 0 Å². The van der Waals surface area contributed by atoms with Gasteiger partial charge in [-0.3, -0.25) is 4.79 Å². The maximum atomic E-state index is 12.3. The fourth-order valence-electron chi connectivity index (χ4n) is 3.31. The van der Waals surface area contributed by atoms with E-state index in [1.807, 2.05) is 12.1 Å². The van der Waals surface area contributed by atoms with E-state index in [0.717, 1.165) is 37.2 Å². The van der Waals surface area contributed by atoms with Crippen molar-refractivity contribution in [2.75, 3.05) is 19.8 Å². The number of hydrogen-bond donors (Lipinski definition) is 0. The summed E-state index contributed by atoms with van der Waals surface area (Å²) in [7, 11) is 0. The third-order valence-electron chi connectivity index (χ3n) is 4.57. The van der Waals surface area contributed by atoms with Crippen molar-refractivity contribution in [2.24, 2.45) is 0 Å². The van der Waals surface area contributed by atoms with Crippen LogP contribution in [0.25, 0.3) is 0 Å². The van der Waals surface area contributed by atoms with Gasteiger partial charge in [0.15, 0.2) is 0 Å². The summed E-state index contributed by atoms with van der Waals surface area (Å²) < 4.78 is 10.9. The van der Waals surface area contributed by atoms with Crippen LogP contribution in [-0.2, 0) is 27.2 Å². The molecule has 23 heavy (non-hydrogen) atoms. The quantitative estimate of drug-likeness (QED) is 0.798. The molecular weight excluding hydrogens is 294 g/mol. The highest BCUT2D eigenvalue weighted by Gasteiger charge is 2.31. The van der Waals surface area contributed by atoms with E-state index in [2.05, 4.69) is 6.07 Å². The molecule has 1 fully saturated rings. The van der Waals surface area contributed by atoms with E-state index in [-0.39, 0.29) is 11.9 Å². The number of benzene rings is 1. The van der Waals surface area contributed by atoms with Crippen LogP contribution in [-0.4, -0.2) is 42.6 Å². The second-order valence-corrected chi connectivity index (χ2v) is 6.18. The zero-order chi connectivity index (χ0) is 16.2. The lowest BCUT2D eigenvalue weighted by Gasteiger charge is -2.33. The Morgan fingerprint density at radius 2 is 2.22 bits per heavy atom. The summed E-state index contributed by atoms with van der Waals surface area (Å²) in [5.74, 6) is 0.639. The molecule has 1 aromatic rings. The average molecular weight is 317 g/mol. The summed E-state index contributed by atoms with van der Waals surface area (Å²) in [4.78, 5) is 25.5. The number of ether oxygens (including phenoxy) is 2. The Bertz CT molecular complexity index is 599. The van der Waals surface area contributed by atoms with Crippen molar-refractivity contribution in [1.82, 2.24) is 4.90 Å². The van der Waals surface area contributed by atoms with Gasteiger partial charge in [0, 0.05) is 26.3 Å². The van der Waals surface area contributed by atoms with Gasteiger partial charge < -0.3 is 14.4 Å². The smallest absolute Gasteiger partial charge is 0.328 e. The Labute approximate surface area is 136 Å². The highest BCUT2D eigenvalue weighted by atomic mass is 16.5. The third kappa shape index (κ3) is 3.66. The Morgan fingerprint density at radius 3 is 3.04 bits per heavy atom. The Hall–Kier alpha value is -2.04. The molecule has 0 aromatic heterocycles. The molecule has 1 saturated heterocycles. The minimum Gasteiger partial charge on any atom is -0.493 e. The number of piperidine rings is 1. The Kier molecular flexibility index (Phi) is 4.84. The zero-order valence-electron chi connectivity index (χ0n) is 13.5. The van der Waals surface area contributed by atoms with E-state index in [9.17, 15) is 9.59 Å². The number of amides is 1. The van der Waals surface area contributed by atoms with Gasteiger partial charge in [0.05, 0.1) is 13.2 Å². The number of carbonyl (C=O) groups is 2. The largest absolute Gasteiger partial charge is 0.493 e. The molecule has 5 nitrogen and oxygen atoms in total. The normalized spacial score (nSPS) is 19.9. The van der Waals surface area contributed by atoms with Gasteiger partial charge in [0.1, 0.15) is 11.8 Å². The lowest BCUT2D eigenvalue weighted by molar-refractivity contribution is -0.156. The summed E-state index contributed by atoms with van der Waals surface area (Å²) in [5, 5.41) is 0. The number of carbonyl (C=O) groups excluding carboxylic acids is 2. The van der Waals surface area contributed by atoms with E-state index in [4.69, 9.17) is 9.47 Å². The molecule has 1 amide bonds. The molecule has 1 aromatic carbocycles. The first-order valence-electron chi connectivity index (χ1n) is 8.33. The van der Waals surface area contributed by atoms with Gasteiger partial charge in [-0.25, -0.2) is 4.79 Å². The van der Waals surface area contributed by atoms with E-state index in [1.54, 1.807) is 4.90 Å². The van der Waals surface area contributed by atoms with E-state index in [0.29, 0.717) is 26.0 Å². The Balaban J connectivity index is 1.51. The first-order chi connectivity index (χ1) is 11.1. The van der Waals surface area contributed by atoms with Crippen molar-refractivity contribution in [3.8, 4) is 5.75 Å². The van der Waals surface area contributed by atoms with Crippen LogP contribution in [0.1, 0.15) is 37.3 Å². The zero-order valence-corrected chi connectivity index (χ0v) is 13.5. The second-order valence-electron chi connectivity index (χ2n) is 6.18. The topological polar surface area (TPSA) is 55.8 Å². The summed E-state index contributed by atoms with van der Waals surface area (Å²) in [5.41, 5.74) is 2.37. The molecule has 2 aliphatic rings. The van der Waals surface area contributed by atoms with Crippen LogP contribution in [0.3, 0.4) is 0 Å². The highest BCUT2D eigenvalue weighted by molar-refractivity contribution is 5.83. The monoisotopic (exact) mass is 317 g/mol. The average Bonchev–Trinajstić information content (AvgIpc) is 3.02. The number of rotatable bonds is 4. The van der Waals surface area contributed by atoms with Crippen LogP contribution in [0, 0.1) is 0 Å². The molecule has 2 heterocycles. The van der Waals surface area contributed by atoms with Crippen LogP contribution in [0.2, 0.25) is 0 Å². The maximum Gasteiger partial charge on any atom is 0.328 e. The second kappa shape index (κ2) is 7.02. The molecule has 3 rings (SSSR count). The first-order valence-corrected chi connectivity index (χ1v) is 8.33. The molecular formula is C18H23NO4. The fourth-order valence-corrected chi connectivity index (χ4v) is 3.31. The molecule has 0 bridgehead atoms. The van der Waals surface area contributed by atoms with Crippen molar-refractivity contribution < 1.29 is 19.1 Å². The van der Waals surface area contributed by atoms with Gasteiger partial charge in [0.2, 0.25) is 5.91 Å². The standard InChI is InChI=1S/C18H23NO4/c1-13(20)19-9-3-2-4-16(19)18(21)23-10-7-14-5-6-17-15(12-14)8-11-22-17/h5-6,12,16H,2-4,7-11H2,1H3. The van der Waals surface area contributed by atoms with Crippen molar-refractivity contribution in [2.45, 2.75) is 45.1 Å². The molecule has 0 aliphatic carbocycles. The molecule has 0 N–H and O–H groups in total. The van der Waals surface area contributed by atoms with E-state index >= 15 is 0 Å². The minimum absolute atomic E-state index is 0.0507. The van der Waals surface area contributed by atoms with Crippen molar-refractivity contribution >= 4 is 11.9 Å². The Morgan fingerprint density at radius 1 is 1.35 bits per heavy atom.